The van der Waals surface area contributed by atoms with Crippen LogP contribution in [0.5, 0.6) is 0 Å². The van der Waals surface area contributed by atoms with Crippen LogP contribution in [0, 0.1) is 0 Å². The highest BCUT2D eigenvalue weighted by molar-refractivity contribution is 6.21. The molecule has 0 aromatic rings. The molecular weight excluding hydrogens is 221 g/mol. The second-order valence-corrected chi connectivity index (χ2v) is 4.11. The van der Waals surface area contributed by atoms with Crippen molar-refractivity contribution in [1.29, 1.82) is 0 Å². The van der Waals surface area contributed by atoms with Crippen LogP contribution in [-0.2, 0) is 9.53 Å². The van der Waals surface area contributed by atoms with Crippen molar-refractivity contribution in [3.8, 4) is 0 Å². The number of carbonyl (C=O) groups excluding carboxylic acids is 1. The van der Waals surface area contributed by atoms with E-state index in [1.807, 2.05) is 0 Å². The highest BCUT2D eigenvalue weighted by atomic mass is 35.5. The fraction of sp³-hybridized carbons (Fsp3) is 0.700. The maximum Gasteiger partial charge on any atom is 0.249 e. The highest BCUT2D eigenvalue weighted by Crippen LogP contribution is 2.27. The molecule has 5 heteroatoms. The summed E-state index contributed by atoms with van der Waals surface area (Å²) in [6.07, 6.45) is 1.62. The Balaban J connectivity index is 2.22. The molecule has 0 radical (unpaired) electrons. The molecule has 3 unspecified atom stereocenters. The van der Waals surface area contributed by atoms with E-state index in [2.05, 4.69) is 11.9 Å². The number of carbonyl (C=O) groups is 1. The van der Waals surface area contributed by atoms with E-state index >= 15 is 0 Å². The predicted molar refractivity (Wildman–Crippen MR) is 56.5 cm³/mol. The van der Waals surface area contributed by atoms with Crippen LogP contribution in [0.4, 0.5) is 4.39 Å². The zero-order valence-corrected chi connectivity index (χ0v) is 9.17. The van der Waals surface area contributed by atoms with Crippen LogP contribution in [-0.4, -0.2) is 30.2 Å². The molecule has 86 valence electrons. The zero-order valence-electron chi connectivity index (χ0n) is 8.42. The number of hydrogen-bond donors (Lipinski definition) is 1. The zero-order chi connectivity index (χ0) is 11.3. The van der Waals surface area contributed by atoms with Crippen molar-refractivity contribution in [3.05, 3.63) is 12.8 Å². The minimum absolute atomic E-state index is 0.0592. The molecule has 15 heavy (non-hydrogen) atoms. The predicted octanol–water partition coefficient (Wildman–Crippen LogP) is 1.76. The first-order valence-corrected chi connectivity index (χ1v) is 5.37. The van der Waals surface area contributed by atoms with Gasteiger partial charge < -0.3 is 10.1 Å². The van der Waals surface area contributed by atoms with Crippen LogP contribution < -0.4 is 5.32 Å². The largest absolute Gasteiger partial charge is 0.368 e. The summed E-state index contributed by atoms with van der Waals surface area (Å²) in [6, 6.07) is 0. The number of nitrogens with one attached hydrogen (secondary N) is 1. The number of halogens is 2. The van der Waals surface area contributed by atoms with Gasteiger partial charge in [-0.2, -0.15) is 0 Å². The van der Waals surface area contributed by atoms with Gasteiger partial charge in [0.15, 0.2) is 0 Å². The summed E-state index contributed by atoms with van der Waals surface area (Å²) in [7, 11) is 0. The van der Waals surface area contributed by atoms with E-state index in [1.54, 1.807) is 0 Å². The second kappa shape index (κ2) is 6.08. The molecule has 1 amide bonds. The van der Waals surface area contributed by atoms with E-state index in [9.17, 15) is 9.18 Å². The maximum absolute atomic E-state index is 13.2. The summed E-state index contributed by atoms with van der Waals surface area (Å²) in [6.45, 7) is 3.29. The Hall–Kier alpha value is -0.610. The SMILES string of the molecule is C=CNC(=O)COC1CCC(Cl)C(F)C1. The number of alkyl halides is 2. The van der Waals surface area contributed by atoms with E-state index in [4.69, 9.17) is 16.3 Å². The monoisotopic (exact) mass is 235 g/mol. The quantitative estimate of drug-likeness (QED) is 0.755. The minimum Gasteiger partial charge on any atom is -0.368 e. The Kier molecular flexibility index (Phi) is 5.05. The summed E-state index contributed by atoms with van der Waals surface area (Å²) in [4.78, 5) is 11.0. The Labute approximate surface area is 93.6 Å². The lowest BCUT2D eigenvalue weighted by molar-refractivity contribution is -0.127. The van der Waals surface area contributed by atoms with Crippen molar-refractivity contribution >= 4 is 17.5 Å². The molecule has 1 aliphatic rings. The summed E-state index contributed by atoms with van der Waals surface area (Å²) in [5, 5.41) is 1.97. The number of ether oxygens (including phenoxy) is 1. The molecule has 0 aromatic carbocycles. The van der Waals surface area contributed by atoms with Crippen molar-refractivity contribution in [2.45, 2.75) is 36.9 Å². The minimum atomic E-state index is -1.03. The van der Waals surface area contributed by atoms with Crippen molar-refractivity contribution in [3.63, 3.8) is 0 Å². The van der Waals surface area contributed by atoms with Gasteiger partial charge in [-0.15, -0.1) is 11.6 Å². The van der Waals surface area contributed by atoms with E-state index in [1.165, 1.54) is 6.20 Å². The van der Waals surface area contributed by atoms with Gasteiger partial charge in [0.25, 0.3) is 0 Å². The second-order valence-electron chi connectivity index (χ2n) is 3.55. The van der Waals surface area contributed by atoms with Crippen molar-refractivity contribution < 1.29 is 13.9 Å². The van der Waals surface area contributed by atoms with Crippen molar-refractivity contribution in [2.75, 3.05) is 6.61 Å². The third-order valence-electron chi connectivity index (χ3n) is 2.36. The van der Waals surface area contributed by atoms with Crippen molar-refractivity contribution in [1.82, 2.24) is 5.32 Å². The Bertz CT molecular complexity index is 237. The van der Waals surface area contributed by atoms with Crippen LogP contribution in [0.15, 0.2) is 12.8 Å². The van der Waals surface area contributed by atoms with Gasteiger partial charge in [-0.3, -0.25) is 4.79 Å². The lowest BCUT2D eigenvalue weighted by Crippen LogP contribution is -2.34. The Morgan fingerprint density at radius 1 is 1.67 bits per heavy atom. The molecule has 0 aliphatic heterocycles. The molecule has 1 aliphatic carbocycles. The number of hydrogen-bond acceptors (Lipinski definition) is 2. The Morgan fingerprint density at radius 3 is 3.00 bits per heavy atom. The molecule has 1 rings (SSSR count). The standard InChI is InChI=1S/C10H15ClFNO2/c1-2-13-10(14)6-15-7-3-4-8(11)9(12)5-7/h2,7-9H,1,3-6H2,(H,13,14). The smallest absolute Gasteiger partial charge is 0.249 e. The van der Waals surface area contributed by atoms with Gasteiger partial charge in [-0.1, -0.05) is 6.58 Å². The van der Waals surface area contributed by atoms with Crippen LogP contribution >= 0.6 is 11.6 Å². The van der Waals surface area contributed by atoms with Crippen LogP contribution in [0.25, 0.3) is 0 Å². The molecule has 1 N–H and O–H groups in total. The summed E-state index contributed by atoms with van der Waals surface area (Å²) >= 11 is 5.72. The molecule has 0 spiro atoms. The molecule has 3 nitrogen and oxygen atoms in total. The normalized spacial score (nSPS) is 30.9. The molecule has 3 atom stereocenters. The highest BCUT2D eigenvalue weighted by Gasteiger charge is 2.29. The molecule has 1 saturated carbocycles. The fourth-order valence-electron chi connectivity index (χ4n) is 1.54. The van der Waals surface area contributed by atoms with Crippen LogP contribution in [0.1, 0.15) is 19.3 Å². The van der Waals surface area contributed by atoms with Gasteiger partial charge >= 0.3 is 0 Å². The molecule has 1 fully saturated rings. The molecule has 0 aromatic heterocycles. The summed E-state index contributed by atoms with van der Waals surface area (Å²) in [5.74, 6) is -0.270. The van der Waals surface area contributed by atoms with Gasteiger partial charge in [0.1, 0.15) is 12.8 Å². The van der Waals surface area contributed by atoms with E-state index in [0.29, 0.717) is 12.8 Å². The van der Waals surface area contributed by atoms with Gasteiger partial charge in [-0.05, 0) is 19.0 Å². The van der Waals surface area contributed by atoms with Crippen molar-refractivity contribution in [2.24, 2.45) is 0 Å². The molecule has 0 heterocycles. The third kappa shape index (κ3) is 4.18. The van der Waals surface area contributed by atoms with Crippen LogP contribution in [0.3, 0.4) is 0 Å². The topological polar surface area (TPSA) is 38.3 Å². The number of rotatable bonds is 4. The van der Waals surface area contributed by atoms with Crippen LogP contribution in [0.2, 0.25) is 0 Å². The molecular formula is C10H15ClFNO2. The van der Waals surface area contributed by atoms with Gasteiger partial charge in [-0.25, -0.2) is 4.39 Å². The first-order chi connectivity index (χ1) is 7.13. The van der Waals surface area contributed by atoms with E-state index in [-0.39, 0.29) is 25.0 Å². The summed E-state index contributed by atoms with van der Waals surface area (Å²) in [5.41, 5.74) is 0. The molecule has 0 bridgehead atoms. The average Bonchev–Trinajstić information content (AvgIpc) is 2.20. The van der Waals surface area contributed by atoms with Gasteiger partial charge in [0, 0.05) is 6.42 Å². The fourth-order valence-corrected chi connectivity index (χ4v) is 1.77. The first kappa shape index (κ1) is 12.5. The first-order valence-electron chi connectivity index (χ1n) is 4.93. The average molecular weight is 236 g/mol. The maximum atomic E-state index is 13.2. The summed E-state index contributed by atoms with van der Waals surface area (Å²) < 4.78 is 18.4. The Morgan fingerprint density at radius 2 is 2.40 bits per heavy atom. The lowest BCUT2D eigenvalue weighted by atomic mass is 9.95. The lowest BCUT2D eigenvalue weighted by Gasteiger charge is -2.27. The third-order valence-corrected chi connectivity index (χ3v) is 2.85. The van der Waals surface area contributed by atoms with Gasteiger partial charge in [0.05, 0.1) is 11.5 Å². The van der Waals surface area contributed by atoms with E-state index < -0.39 is 11.5 Å². The molecule has 0 saturated heterocycles. The van der Waals surface area contributed by atoms with Gasteiger partial charge in [0.2, 0.25) is 5.91 Å². The van der Waals surface area contributed by atoms with E-state index in [0.717, 1.165) is 0 Å². The number of amides is 1.